The maximum absolute atomic E-state index is 13.9. The predicted octanol–water partition coefficient (Wildman–Crippen LogP) is 6.72. The summed E-state index contributed by atoms with van der Waals surface area (Å²) in [6.07, 6.45) is -8.85. The Morgan fingerprint density at radius 1 is 0.857 bits per heavy atom. The molecule has 2 amide bonds. The number of anilines is 2. The Kier molecular flexibility index (Phi) is 9.23. The van der Waals surface area contributed by atoms with Crippen molar-refractivity contribution in [3.63, 3.8) is 0 Å². The molecule has 1 heterocycles. The fraction of sp³-hybridized carbons (Fsp3) is 0.345. The van der Waals surface area contributed by atoms with Gasteiger partial charge in [0.05, 0.1) is 28.4 Å². The Balaban J connectivity index is 2.09. The minimum atomic E-state index is -5.08. The fourth-order valence-corrected chi connectivity index (χ4v) is 4.35. The predicted molar refractivity (Wildman–Crippen MR) is 144 cm³/mol. The van der Waals surface area contributed by atoms with Crippen LogP contribution < -0.4 is 15.5 Å². The summed E-state index contributed by atoms with van der Waals surface area (Å²) in [5.74, 6) is -1.20. The standard InChI is InChI=1S/C29H29F7N4O2/c1-16-10-21(30)6-7-22(16)23-14-25(38-9-8-37-17(2)41)39-15-24(23)40(5)26(42)27(3,4)18-11-19(28(31,32)33)13-20(12-18)29(34,35)36/h6-7,10-15H,8-9H2,1-5H3,(H,37,41)(H,38,39). The van der Waals surface area contributed by atoms with Crippen molar-refractivity contribution >= 4 is 23.3 Å². The van der Waals surface area contributed by atoms with Crippen molar-refractivity contribution in [1.82, 2.24) is 10.3 Å². The van der Waals surface area contributed by atoms with Crippen LogP contribution in [0.3, 0.4) is 0 Å². The summed E-state index contributed by atoms with van der Waals surface area (Å²) in [5, 5.41) is 5.63. The Labute approximate surface area is 237 Å². The second-order valence-corrected chi connectivity index (χ2v) is 10.2. The molecule has 2 N–H and O–H groups in total. The molecule has 6 nitrogen and oxygen atoms in total. The molecular weight excluding hydrogens is 569 g/mol. The van der Waals surface area contributed by atoms with E-state index in [1.54, 1.807) is 13.0 Å². The van der Waals surface area contributed by atoms with E-state index in [1.807, 2.05) is 0 Å². The van der Waals surface area contributed by atoms with Crippen molar-refractivity contribution in [1.29, 1.82) is 0 Å². The summed E-state index contributed by atoms with van der Waals surface area (Å²) >= 11 is 0. The number of likely N-dealkylation sites (N-methyl/N-ethyl adjacent to an activating group) is 1. The number of hydrogen-bond donors (Lipinski definition) is 2. The summed E-state index contributed by atoms with van der Waals surface area (Å²) in [6, 6.07) is 6.62. The normalized spacial score (nSPS) is 12.2. The van der Waals surface area contributed by atoms with Gasteiger partial charge in [0, 0.05) is 32.6 Å². The molecule has 3 aromatic rings. The maximum atomic E-state index is 13.9. The van der Waals surface area contributed by atoms with Crippen molar-refractivity contribution in [3.05, 3.63) is 76.7 Å². The molecule has 0 spiro atoms. The van der Waals surface area contributed by atoms with Gasteiger partial charge in [-0.2, -0.15) is 26.3 Å². The van der Waals surface area contributed by atoms with Crippen LogP contribution in [0.4, 0.5) is 42.2 Å². The molecule has 0 aliphatic carbocycles. The number of aryl methyl sites for hydroxylation is 1. The molecule has 0 aliphatic heterocycles. The average Bonchev–Trinajstić information content (AvgIpc) is 2.89. The van der Waals surface area contributed by atoms with Gasteiger partial charge in [-0.1, -0.05) is 6.07 Å². The van der Waals surface area contributed by atoms with Crippen LogP contribution >= 0.6 is 0 Å². The van der Waals surface area contributed by atoms with E-state index in [1.165, 1.54) is 52.2 Å². The molecule has 0 saturated carbocycles. The van der Waals surface area contributed by atoms with Gasteiger partial charge in [0.1, 0.15) is 11.6 Å². The monoisotopic (exact) mass is 598 g/mol. The molecule has 3 rings (SSSR count). The molecule has 42 heavy (non-hydrogen) atoms. The number of nitrogens with one attached hydrogen (secondary N) is 2. The molecule has 0 atom stereocenters. The van der Waals surface area contributed by atoms with E-state index in [2.05, 4.69) is 15.6 Å². The molecule has 0 unspecified atom stereocenters. The first-order valence-electron chi connectivity index (χ1n) is 12.7. The molecule has 2 aromatic carbocycles. The zero-order chi connectivity index (χ0) is 31.6. The zero-order valence-electron chi connectivity index (χ0n) is 23.4. The van der Waals surface area contributed by atoms with E-state index < -0.39 is 46.2 Å². The van der Waals surface area contributed by atoms with Crippen LogP contribution in [0.15, 0.2) is 48.7 Å². The third kappa shape index (κ3) is 7.37. The zero-order valence-corrected chi connectivity index (χ0v) is 23.4. The van der Waals surface area contributed by atoms with Gasteiger partial charge < -0.3 is 15.5 Å². The van der Waals surface area contributed by atoms with Crippen LogP contribution in [0.1, 0.15) is 43.0 Å². The second-order valence-electron chi connectivity index (χ2n) is 10.2. The summed E-state index contributed by atoms with van der Waals surface area (Å²) in [7, 11) is 1.33. The van der Waals surface area contributed by atoms with E-state index in [9.17, 15) is 40.3 Å². The van der Waals surface area contributed by atoms with Crippen molar-refractivity contribution in [2.24, 2.45) is 0 Å². The maximum Gasteiger partial charge on any atom is 0.416 e. The molecular formula is C29H29F7N4O2. The van der Waals surface area contributed by atoms with Gasteiger partial charge in [0.15, 0.2) is 0 Å². The average molecular weight is 599 g/mol. The van der Waals surface area contributed by atoms with E-state index in [0.717, 1.165) is 4.90 Å². The second kappa shape index (κ2) is 12.0. The van der Waals surface area contributed by atoms with Crippen LogP contribution in [0.5, 0.6) is 0 Å². The van der Waals surface area contributed by atoms with Crippen LogP contribution in [0.25, 0.3) is 11.1 Å². The number of hydrogen-bond acceptors (Lipinski definition) is 4. The number of carbonyl (C=O) groups excluding carboxylic acids is 2. The van der Waals surface area contributed by atoms with Crippen molar-refractivity contribution < 1.29 is 40.3 Å². The summed E-state index contributed by atoms with van der Waals surface area (Å²) < 4.78 is 95.0. The van der Waals surface area contributed by atoms with Gasteiger partial charge >= 0.3 is 12.4 Å². The molecule has 0 bridgehead atoms. The van der Waals surface area contributed by atoms with E-state index in [0.29, 0.717) is 41.2 Å². The largest absolute Gasteiger partial charge is 0.416 e. The van der Waals surface area contributed by atoms with Crippen LogP contribution in [0, 0.1) is 12.7 Å². The smallest absolute Gasteiger partial charge is 0.368 e. The highest BCUT2D eigenvalue weighted by Gasteiger charge is 2.41. The van der Waals surface area contributed by atoms with Gasteiger partial charge in [-0.3, -0.25) is 9.59 Å². The third-order valence-corrected chi connectivity index (χ3v) is 6.68. The lowest BCUT2D eigenvalue weighted by molar-refractivity contribution is -0.143. The number of alkyl halides is 6. The van der Waals surface area contributed by atoms with Crippen LogP contribution in [-0.2, 0) is 27.4 Å². The lowest BCUT2D eigenvalue weighted by atomic mass is 9.81. The first-order chi connectivity index (χ1) is 19.3. The van der Waals surface area contributed by atoms with Crippen molar-refractivity contribution in [3.8, 4) is 11.1 Å². The first kappa shape index (κ1) is 32.4. The van der Waals surface area contributed by atoms with Gasteiger partial charge in [0.2, 0.25) is 11.8 Å². The topological polar surface area (TPSA) is 74.3 Å². The molecule has 226 valence electrons. The minimum Gasteiger partial charge on any atom is -0.368 e. The number of nitrogens with zero attached hydrogens (tertiary/aromatic N) is 2. The van der Waals surface area contributed by atoms with Crippen LogP contribution in [-0.4, -0.2) is 36.9 Å². The van der Waals surface area contributed by atoms with Gasteiger partial charge in [-0.15, -0.1) is 0 Å². The minimum absolute atomic E-state index is 0.00473. The SMILES string of the molecule is CC(=O)NCCNc1cc(-c2ccc(F)cc2C)c(N(C)C(=O)C(C)(C)c2cc(C(F)(F)F)cc(C(F)(F)F)c2)cn1. The van der Waals surface area contributed by atoms with Crippen molar-refractivity contribution in [2.45, 2.75) is 45.5 Å². The van der Waals surface area contributed by atoms with Gasteiger partial charge in [-0.25, -0.2) is 9.37 Å². The lowest BCUT2D eigenvalue weighted by Crippen LogP contribution is -2.42. The highest BCUT2D eigenvalue weighted by molar-refractivity contribution is 6.03. The Morgan fingerprint density at radius 2 is 1.43 bits per heavy atom. The molecule has 0 fully saturated rings. The summed E-state index contributed by atoms with van der Waals surface area (Å²) in [6.45, 7) is 6.05. The van der Waals surface area contributed by atoms with Gasteiger partial charge in [-0.05, 0) is 73.9 Å². The Bertz CT molecular complexity index is 1450. The number of carbonyl (C=O) groups is 2. The van der Waals surface area contributed by atoms with Crippen molar-refractivity contribution in [2.75, 3.05) is 30.4 Å². The van der Waals surface area contributed by atoms with Crippen LogP contribution in [0.2, 0.25) is 0 Å². The summed E-state index contributed by atoms with van der Waals surface area (Å²) in [5.41, 5.74) is -3.81. The highest BCUT2D eigenvalue weighted by Crippen LogP contribution is 2.41. The fourth-order valence-electron chi connectivity index (χ4n) is 4.35. The quantitative estimate of drug-likeness (QED) is 0.223. The molecule has 0 radical (unpaired) electrons. The highest BCUT2D eigenvalue weighted by atomic mass is 19.4. The number of pyridine rings is 1. The number of benzene rings is 2. The number of amides is 2. The lowest BCUT2D eigenvalue weighted by Gasteiger charge is -2.32. The Hall–Kier alpha value is -4.16. The third-order valence-electron chi connectivity index (χ3n) is 6.68. The van der Waals surface area contributed by atoms with Gasteiger partial charge in [0.25, 0.3) is 0 Å². The summed E-state index contributed by atoms with van der Waals surface area (Å²) in [4.78, 5) is 30.3. The Morgan fingerprint density at radius 3 is 1.95 bits per heavy atom. The molecule has 0 aliphatic rings. The number of rotatable bonds is 8. The van der Waals surface area contributed by atoms with E-state index >= 15 is 0 Å². The molecule has 0 saturated heterocycles. The molecule has 13 heteroatoms. The first-order valence-corrected chi connectivity index (χ1v) is 12.7. The van der Waals surface area contributed by atoms with E-state index in [4.69, 9.17) is 0 Å². The number of aromatic nitrogens is 1. The molecule has 1 aromatic heterocycles. The number of halogens is 7. The van der Waals surface area contributed by atoms with E-state index in [-0.39, 0.29) is 24.2 Å².